The van der Waals surface area contributed by atoms with E-state index in [9.17, 15) is 4.79 Å². The maximum Gasteiger partial charge on any atom is 0.361 e. The third-order valence-electron chi connectivity index (χ3n) is 2.73. The maximum atomic E-state index is 11.7. The highest BCUT2D eigenvalue weighted by atomic mass is 16.5. The summed E-state index contributed by atoms with van der Waals surface area (Å²) < 4.78 is 6.29. The Morgan fingerprint density at radius 1 is 1.55 bits per heavy atom. The highest BCUT2D eigenvalue weighted by Gasteiger charge is 2.17. The van der Waals surface area contributed by atoms with E-state index in [4.69, 9.17) is 15.7 Å². The van der Waals surface area contributed by atoms with E-state index >= 15 is 0 Å². The summed E-state index contributed by atoms with van der Waals surface area (Å²) in [5, 5.41) is 13.3. The molecule has 20 heavy (non-hydrogen) atoms. The molecule has 0 atom stereocenters. The Morgan fingerprint density at radius 3 is 2.95 bits per heavy atom. The summed E-state index contributed by atoms with van der Waals surface area (Å²) in [5.74, 6) is -0.575. The number of anilines is 1. The minimum Gasteiger partial charge on any atom is -0.461 e. The van der Waals surface area contributed by atoms with Gasteiger partial charge in [0.15, 0.2) is 5.69 Å². The van der Waals surface area contributed by atoms with Gasteiger partial charge in [0.2, 0.25) is 0 Å². The molecular weight excluding hydrogens is 256 g/mol. The van der Waals surface area contributed by atoms with Crippen LogP contribution in [-0.2, 0) is 4.74 Å². The van der Waals surface area contributed by atoms with Gasteiger partial charge in [-0.15, -0.1) is 0 Å². The van der Waals surface area contributed by atoms with Gasteiger partial charge < -0.3 is 10.5 Å². The van der Waals surface area contributed by atoms with Crippen molar-refractivity contribution in [3.63, 3.8) is 0 Å². The molecule has 0 aliphatic heterocycles. The molecule has 0 spiro atoms. The van der Waals surface area contributed by atoms with Crippen LogP contribution in [0.2, 0.25) is 0 Å². The largest absolute Gasteiger partial charge is 0.461 e. The number of esters is 1. The highest BCUT2D eigenvalue weighted by Crippen LogP contribution is 2.19. The van der Waals surface area contributed by atoms with Crippen molar-refractivity contribution in [3.8, 4) is 11.8 Å². The first-order chi connectivity index (χ1) is 9.56. The smallest absolute Gasteiger partial charge is 0.361 e. The number of rotatable bonds is 3. The van der Waals surface area contributed by atoms with E-state index in [1.807, 2.05) is 13.0 Å². The molecule has 2 N–H and O–H groups in total. The molecule has 2 rings (SSSR count). The second kappa shape index (κ2) is 5.45. The minimum atomic E-state index is -0.575. The van der Waals surface area contributed by atoms with Crippen LogP contribution in [0.3, 0.4) is 0 Å². The van der Waals surface area contributed by atoms with Crippen LogP contribution in [0.25, 0.3) is 5.69 Å². The van der Waals surface area contributed by atoms with Crippen molar-refractivity contribution < 1.29 is 9.53 Å². The fraction of sp³-hybridized carbons (Fsp3) is 0.214. The third kappa shape index (κ3) is 2.47. The first-order valence-corrected chi connectivity index (χ1v) is 6.10. The summed E-state index contributed by atoms with van der Waals surface area (Å²) in [5.41, 5.74) is 8.03. The van der Waals surface area contributed by atoms with Crippen molar-refractivity contribution >= 4 is 11.7 Å². The molecule has 0 saturated heterocycles. The van der Waals surface area contributed by atoms with Gasteiger partial charge in [-0.05, 0) is 31.5 Å². The quantitative estimate of drug-likeness (QED) is 0.858. The van der Waals surface area contributed by atoms with Crippen LogP contribution in [0.4, 0.5) is 5.69 Å². The Bertz CT molecular complexity index is 698. The van der Waals surface area contributed by atoms with Gasteiger partial charge >= 0.3 is 5.97 Å². The predicted octanol–water partition coefficient (Wildman–Crippen LogP) is 1.81. The molecule has 0 unspecified atom stereocenters. The number of nitrogens with two attached hydrogens (primary N) is 1. The summed E-state index contributed by atoms with van der Waals surface area (Å²) in [6, 6.07) is 7.47. The topological polar surface area (TPSA) is 93.9 Å². The van der Waals surface area contributed by atoms with Crippen LogP contribution >= 0.6 is 0 Å². The van der Waals surface area contributed by atoms with E-state index in [-0.39, 0.29) is 18.0 Å². The third-order valence-corrected chi connectivity index (χ3v) is 2.73. The molecule has 1 aromatic heterocycles. The van der Waals surface area contributed by atoms with Crippen LogP contribution in [0.15, 0.2) is 24.4 Å². The fourth-order valence-electron chi connectivity index (χ4n) is 1.81. The molecule has 1 heterocycles. The van der Waals surface area contributed by atoms with Crippen LogP contribution in [0.1, 0.15) is 28.5 Å². The Hall–Kier alpha value is -2.81. The van der Waals surface area contributed by atoms with Crippen molar-refractivity contribution in [2.45, 2.75) is 13.8 Å². The van der Waals surface area contributed by atoms with Gasteiger partial charge in [-0.3, -0.25) is 0 Å². The van der Waals surface area contributed by atoms with Gasteiger partial charge in [0.25, 0.3) is 0 Å². The minimum absolute atomic E-state index is 0.0521. The standard InChI is InChI=1S/C14H14N4O2/c1-3-20-14(19)13-11(16)8-18(17-13)12-5-4-9(2)6-10(12)7-15/h4-6,8H,3,16H2,1-2H3. The lowest BCUT2D eigenvalue weighted by Crippen LogP contribution is -2.08. The van der Waals surface area contributed by atoms with E-state index in [1.165, 1.54) is 10.9 Å². The molecule has 0 aliphatic rings. The first kappa shape index (κ1) is 13.6. The van der Waals surface area contributed by atoms with E-state index < -0.39 is 5.97 Å². The summed E-state index contributed by atoms with van der Waals surface area (Å²) in [7, 11) is 0. The molecule has 2 aromatic rings. The van der Waals surface area contributed by atoms with Crippen LogP contribution in [0, 0.1) is 18.3 Å². The van der Waals surface area contributed by atoms with Gasteiger partial charge in [-0.1, -0.05) is 6.07 Å². The van der Waals surface area contributed by atoms with E-state index in [2.05, 4.69) is 11.2 Å². The maximum absolute atomic E-state index is 11.7. The number of aryl methyl sites for hydroxylation is 1. The van der Waals surface area contributed by atoms with Crippen LogP contribution in [-0.4, -0.2) is 22.4 Å². The Kier molecular flexibility index (Phi) is 3.71. The molecular formula is C14H14N4O2. The van der Waals surface area contributed by atoms with Crippen LogP contribution < -0.4 is 5.73 Å². The van der Waals surface area contributed by atoms with Crippen molar-refractivity contribution in [1.82, 2.24) is 9.78 Å². The lowest BCUT2D eigenvalue weighted by molar-refractivity contribution is 0.0520. The van der Waals surface area contributed by atoms with E-state index in [0.29, 0.717) is 11.3 Å². The summed E-state index contributed by atoms with van der Waals surface area (Å²) >= 11 is 0. The van der Waals surface area contributed by atoms with Crippen molar-refractivity contribution in [1.29, 1.82) is 5.26 Å². The molecule has 0 fully saturated rings. The number of nitriles is 1. The number of hydrogen-bond donors (Lipinski definition) is 1. The zero-order valence-electron chi connectivity index (χ0n) is 11.3. The van der Waals surface area contributed by atoms with Gasteiger partial charge in [-0.25, -0.2) is 9.48 Å². The number of nitrogens with zero attached hydrogens (tertiary/aromatic N) is 3. The Balaban J connectivity index is 2.48. The highest BCUT2D eigenvalue weighted by molar-refractivity contribution is 5.92. The zero-order valence-corrected chi connectivity index (χ0v) is 11.3. The molecule has 102 valence electrons. The Morgan fingerprint density at radius 2 is 2.30 bits per heavy atom. The van der Waals surface area contributed by atoms with Crippen molar-refractivity contribution in [3.05, 3.63) is 41.2 Å². The summed E-state index contributed by atoms with van der Waals surface area (Å²) in [4.78, 5) is 11.7. The molecule has 0 bridgehead atoms. The zero-order chi connectivity index (χ0) is 14.7. The molecule has 0 radical (unpaired) electrons. The van der Waals surface area contributed by atoms with E-state index in [1.54, 1.807) is 19.1 Å². The molecule has 6 nitrogen and oxygen atoms in total. The van der Waals surface area contributed by atoms with Gasteiger partial charge in [0.1, 0.15) is 6.07 Å². The van der Waals surface area contributed by atoms with Crippen LogP contribution in [0.5, 0.6) is 0 Å². The summed E-state index contributed by atoms with van der Waals surface area (Å²) in [6.07, 6.45) is 1.50. The molecule has 6 heteroatoms. The number of carbonyl (C=O) groups excluding carboxylic acids is 1. The lowest BCUT2D eigenvalue weighted by Gasteiger charge is -2.04. The fourth-order valence-corrected chi connectivity index (χ4v) is 1.81. The number of benzene rings is 1. The normalized spacial score (nSPS) is 10.1. The Labute approximate surface area is 116 Å². The molecule has 0 amide bonds. The monoisotopic (exact) mass is 270 g/mol. The number of aromatic nitrogens is 2. The van der Waals surface area contributed by atoms with Gasteiger partial charge in [0, 0.05) is 0 Å². The summed E-state index contributed by atoms with van der Waals surface area (Å²) in [6.45, 7) is 3.85. The second-order valence-electron chi connectivity index (χ2n) is 4.23. The average Bonchev–Trinajstić information content (AvgIpc) is 2.80. The predicted molar refractivity (Wildman–Crippen MR) is 73.4 cm³/mol. The van der Waals surface area contributed by atoms with E-state index in [0.717, 1.165) is 5.56 Å². The van der Waals surface area contributed by atoms with Crippen molar-refractivity contribution in [2.75, 3.05) is 12.3 Å². The number of hydrogen-bond acceptors (Lipinski definition) is 5. The molecule has 0 saturated carbocycles. The number of ether oxygens (including phenoxy) is 1. The van der Waals surface area contributed by atoms with Gasteiger partial charge in [-0.2, -0.15) is 10.4 Å². The number of carbonyl (C=O) groups is 1. The molecule has 0 aliphatic carbocycles. The SMILES string of the molecule is CCOC(=O)c1nn(-c2ccc(C)cc2C#N)cc1N. The lowest BCUT2D eigenvalue weighted by atomic mass is 10.1. The molecule has 1 aromatic carbocycles. The average molecular weight is 270 g/mol. The first-order valence-electron chi connectivity index (χ1n) is 6.10. The number of nitrogen functional groups attached to an aromatic ring is 1. The van der Waals surface area contributed by atoms with Crippen molar-refractivity contribution in [2.24, 2.45) is 0 Å². The second-order valence-corrected chi connectivity index (χ2v) is 4.23. The van der Waals surface area contributed by atoms with Gasteiger partial charge in [0.05, 0.1) is 29.7 Å².